The zero-order valence-electron chi connectivity index (χ0n) is 17.2. The molecule has 0 bridgehead atoms. The van der Waals surface area contributed by atoms with Crippen LogP contribution in [-0.2, 0) is 4.79 Å². The van der Waals surface area contributed by atoms with Crippen LogP contribution in [0.1, 0.15) is 37.4 Å². The second-order valence-corrected chi connectivity index (χ2v) is 8.25. The summed E-state index contributed by atoms with van der Waals surface area (Å²) in [6.45, 7) is 6.02. The van der Waals surface area contributed by atoms with Crippen LogP contribution in [0.3, 0.4) is 0 Å². The van der Waals surface area contributed by atoms with Gasteiger partial charge in [0.2, 0.25) is 11.1 Å². The highest BCUT2D eigenvalue weighted by Gasteiger charge is 2.34. The molecule has 1 aromatic carbocycles. The zero-order chi connectivity index (χ0) is 21.1. The van der Waals surface area contributed by atoms with E-state index in [0.29, 0.717) is 16.7 Å². The van der Waals surface area contributed by atoms with Gasteiger partial charge in [0.25, 0.3) is 5.91 Å². The van der Waals surface area contributed by atoms with E-state index in [1.807, 2.05) is 50.2 Å². The molecule has 1 unspecified atom stereocenters. The van der Waals surface area contributed by atoms with Gasteiger partial charge in [0.1, 0.15) is 6.04 Å². The number of fused-ring (bicyclic) bond motifs is 1. The molecule has 2 N–H and O–H groups in total. The molecule has 3 heterocycles. The van der Waals surface area contributed by atoms with Crippen molar-refractivity contribution in [2.24, 2.45) is 0 Å². The summed E-state index contributed by atoms with van der Waals surface area (Å²) in [6.07, 6.45) is 4.53. The first-order valence-electron chi connectivity index (χ1n) is 9.92. The molecule has 0 spiro atoms. The van der Waals surface area contributed by atoms with Crippen LogP contribution < -0.4 is 10.6 Å². The predicted octanol–water partition coefficient (Wildman–Crippen LogP) is 4.41. The van der Waals surface area contributed by atoms with Gasteiger partial charge in [-0.2, -0.15) is 4.98 Å². The average Bonchev–Trinajstić information content (AvgIpc) is 3.14. The van der Waals surface area contributed by atoms with Gasteiger partial charge in [-0.3, -0.25) is 9.78 Å². The number of aromatic nitrogens is 4. The maximum Gasteiger partial charge on any atom is 0.255 e. The number of rotatable bonds is 6. The largest absolute Gasteiger partial charge is 0.328 e. The number of amides is 1. The number of pyridine rings is 1. The van der Waals surface area contributed by atoms with E-state index >= 15 is 0 Å². The van der Waals surface area contributed by atoms with Crippen LogP contribution in [0.4, 0.5) is 11.6 Å². The summed E-state index contributed by atoms with van der Waals surface area (Å²) in [4.78, 5) is 22.2. The fraction of sp³-hybridized carbons (Fsp3) is 0.273. The summed E-state index contributed by atoms with van der Waals surface area (Å²) in [6, 6.07) is 11.2. The molecule has 0 saturated carbocycles. The minimum absolute atomic E-state index is 0.177. The maximum absolute atomic E-state index is 13.4. The van der Waals surface area contributed by atoms with Crippen molar-refractivity contribution in [3.8, 4) is 0 Å². The van der Waals surface area contributed by atoms with Crippen LogP contribution >= 0.6 is 11.8 Å². The van der Waals surface area contributed by atoms with Gasteiger partial charge in [0.05, 0.1) is 5.57 Å². The van der Waals surface area contributed by atoms with E-state index in [-0.39, 0.29) is 5.91 Å². The van der Waals surface area contributed by atoms with Crippen molar-refractivity contribution in [2.75, 3.05) is 16.4 Å². The van der Waals surface area contributed by atoms with Gasteiger partial charge in [0, 0.05) is 29.5 Å². The number of anilines is 2. The molecular formula is C22H24N6OS. The van der Waals surface area contributed by atoms with Crippen molar-refractivity contribution in [1.82, 2.24) is 19.7 Å². The van der Waals surface area contributed by atoms with Gasteiger partial charge in [-0.25, -0.2) is 4.68 Å². The summed E-state index contributed by atoms with van der Waals surface area (Å²) in [5, 5.41) is 11.7. The lowest BCUT2D eigenvalue weighted by molar-refractivity contribution is -0.113. The molecule has 2 aromatic heterocycles. The number of carbonyl (C=O) groups excluding carboxylic acids is 1. The third-order valence-corrected chi connectivity index (χ3v) is 5.83. The Kier molecular flexibility index (Phi) is 5.85. The van der Waals surface area contributed by atoms with Crippen LogP contribution in [-0.4, -0.2) is 31.4 Å². The van der Waals surface area contributed by atoms with Crippen molar-refractivity contribution >= 4 is 29.3 Å². The van der Waals surface area contributed by atoms with Crippen LogP contribution in [0, 0.1) is 6.92 Å². The Balaban J connectivity index is 1.74. The Bertz CT molecular complexity index is 1090. The molecule has 1 amide bonds. The Morgan fingerprint density at radius 3 is 2.87 bits per heavy atom. The van der Waals surface area contributed by atoms with E-state index in [1.54, 1.807) is 28.8 Å². The molecule has 30 heavy (non-hydrogen) atoms. The highest BCUT2D eigenvalue weighted by Crippen LogP contribution is 2.36. The Morgan fingerprint density at radius 1 is 1.27 bits per heavy atom. The average molecular weight is 421 g/mol. The SMILES string of the molecule is CCCSc1nc2n(n1)C(c1cccnc1)C(C(=O)Nc1cccc(C)c1)=C(C)N2. The second kappa shape index (κ2) is 8.71. The molecule has 4 rings (SSSR count). The minimum Gasteiger partial charge on any atom is -0.328 e. The number of benzene rings is 1. The summed E-state index contributed by atoms with van der Waals surface area (Å²) in [5.41, 5.74) is 4.06. The monoisotopic (exact) mass is 420 g/mol. The van der Waals surface area contributed by atoms with Crippen molar-refractivity contribution in [3.05, 3.63) is 71.2 Å². The Hall–Kier alpha value is -3.13. The number of nitrogens with zero attached hydrogens (tertiary/aromatic N) is 4. The number of nitrogens with one attached hydrogen (secondary N) is 2. The van der Waals surface area contributed by atoms with Gasteiger partial charge in [-0.05, 0) is 49.6 Å². The molecule has 0 fully saturated rings. The highest BCUT2D eigenvalue weighted by atomic mass is 32.2. The van der Waals surface area contributed by atoms with E-state index < -0.39 is 6.04 Å². The van der Waals surface area contributed by atoms with Gasteiger partial charge in [0.15, 0.2) is 0 Å². The molecule has 1 atom stereocenters. The predicted molar refractivity (Wildman–Crippen MR) is 120 cm³/mol. The molecule has 1 aliphatic heterocycles. The van der Waals surface area contributed by atoms with Crippen LogP contribution in [0.2, 0.25) is 0 Å². The number of allylic oxidation sites excluding steroid dienone is 1. The highest BCUT2D eigenvalue weighted by molar-refractivity contribution is 7.99. The normalized spacial score (nSPS) is 15.5. The van der Waals surface area contributed by atoms with Gasteiger partial charge in [-0.15, -0.1) is 5.10 Å². The topological polar surface area (TPSA) is 84.7 Å². The number of hydrogen-bond donors (Lipinski definition) is 2. The standard InChI is InChI=1S/C22H24N6OS/c1-4-11-30-22-26-21-24-15(3)18(20(29)25-17-9-5-7-14(2)12-17)19(28(21)27-22)16-8-6-10-23-13-16/h5-10,12-13,19H,4,11H2,1-3H3,(H,25,29)(H,24,26,27). The van der Waals surface area contributed by atoms with E-state index in [9.17, 15) is 4.79 Å². The maximum atomic E-state index is 13.4. The molecule has 0 radical (unpaired) electrons. The first kappa shape index (κ1) is 20.2. The summed E-state index contributed by atoms with van der Waals surface area (Å²) in [7, 11) is 0. The van der Waals surface area contributed by atoms with Crippen LogP contribution in [0.25, 0.3) is 0 Å². The number of thioether (sulfide) groups is 1. The molecule has 8 heteroatoms. The summed E-state index contributed by atoms with van der Waals surface area (Å²) >= 11 is 1.61. The second-order valence-electron chi connectivity index (χ2n) is 7.19. The molecular weight excluding hydrogens is 396 g/mol. The molecule has 154 valence electrons. The summed E-state index contributed by atoms with van der Waals surface area (Å²) < 4.78 is 1.78. The molecule has 0 aliphatic carbocycles. The zero-order valence-corrected chi connectivity index (χ0v) is 18.0. The smallest absolute Gasteiger partial charge is 0.255 e. The Morgan fingerprint density at radius 2 is 2.13 bits per heavy atom. The summed E-state index contributed by atoms with van der Waals surface area (Å²) in [5.74, 6) is 1.39. The van der Waals surface area contributed by atoms with Crippen LogP contribution in [0.5, 0.6) is 0 Å². The van der Waals surface area contributed by atoms with E-state index in [0.717, 1.165) is 34.7 Å². The van der Waals surface area contributed by atoms with Crippen molar-refractivity contribution < 1.29 is 4.79 Å². The lowest BCUT2D eigenvalue weighted by atomic mass is 9.96. The fourth-order valence-corrected chi connectivity index (χ4v) is 4.13. The first-order valence-corrected chi connectivity index (χ1v) is 10.9. The van der Waals surface area contributed by atoms with Gasteiger partial charge < -0.3 is 10.6 Å². The van der Waals surface area contributed by atoms with Crippen molar-refractivity contribution in [2.45, 2.75) is 38.4 Å². The lowest BCUT2D eigenvalue weighted by Gasteiger charge is -2.28. The quantitative estimate of drug-likeness (QED) is 0.575. The number of hydrogen-bond acceptors (Lipinski definition) is 6. The Labute approximate surface area is 180 Å². The minimum atomic E-state index is -0.414. The molecule has 7 nitrogen and oxygen atoms in total. The fourth-order valence-electron chi connectivity index (χ4n) is 3.45. The van der Waals surface area contributed by atoms with Crippen molar-refractivity contribution in [3.63, 3.8) is 0 Å². The van der Waals surface area contributed by atoms with Crippen LogP contribution in [0.15, 0.2) is 65.2 Å². The van der Waals surface area contributed by atoms with Gasteiger partial charge >= 0.3 is 0 Å². The third-order valence-electron chi connectivity index (χ3n) is 4.79. The van der Waals surface area contributed by atoms with E-state index in [2.05, 4.69) is 27.5 Å². The van der Waals surface area contributed by atoms with Gasteiger partial charge in [-0.1, -0.05) is 36.9 Å². The van der Waals surface area contributed by atoms with E-state index in [4.69, 9.17) is 5.10 Å². The van der Waals surface area contributed by atoms with Crippen molar-refractivity contribution in [1.29, 1.82) is 0 Å². The van der Waals surface area contributed by atoms with E-state index in [1.165, 1.54) is 0 Å². The molecule has 1 aliphatic rings. The third kappa shape index (κ3) is 4.09. The number of aryl methyl sites for hydroxylation is 1. The lowest BCUT2D eigenvalue weighted by Crippen LogP contribution is -2.31. The molecule has 3 aromatic rings. The number of carbonyl (C=O) groups is 1. The first-order chi connectivity index (χ1) is 14.6. The molecule has 0 saturated heterocycles.